The smallest absolute Gasteiger partial charge is 0.419 e. The number of halogens is 4. The third kappa shape index (κ3) is 11.0. The summed E-state index contributed by atoms with van der Waals surface area (Å²) in [6.45, 7) is 13.3. The summed E-state index contributed by atoms with van der Waals surface area (Å²) in [6, 6.07) is 10.2. The zero-order valence-electron chi connectivity index (χ0n) is 25.2. The molecule has 6 nitrogen and oxygen atoms in total. The minimum atomic E-state index is -4.64. The standard InChI is InChI=1S/C31H40F4NO5P/c1-22-36-30(20-38-22,21-39-42(40-28(2,3)4)41-29(5,6)7)17-16-23-14-15-27(25(19-23)31(33,34)35)37-18-10-12-24-11-8-9-13-26(24)32/h8-9,11,13-17,19H,10,12,18,20-21H2,1-7H3/b17-16+. The van der Waals surface area contributed by atoms with Crippen molar-refractivity contribution in [2.75, 3.05) is 19.8 Å². The van der Waals surface area contributed by atoms with Gasteiger partial charge in [-0.1, -0.05) is 36.4 Å². The third-order valence-electron chi connectivity index (χ3n) is 5.73. The van der Waals surface area contributed by atoms with Gasteiger partial charge in [0.1, 0.15) is 23.7 Å². The van der Waals surface area contributed by atoms with Gasteiger partial charge in [-0.2, -0.15) is 13.2 Å². The lowest BCUT2D eigenvalue weighted by atomic mass is 10.0. The lowest BCUT2D eigenvalue weighted by molar-refractivity contribution is -0.139. The first-order valence-electron chi connectivity index (χ1n) is 13.7. The highest BCUT2D eigenvalue weighted by molar-refractivity contribution is 7.41. The van der Waals surface area contributed by atoms with Crippen LogP contribution in [0.3, 0.4) is 0 Å². The number of nitrogens with zero attached hydrogens (tertiary/aromatic N) is 1. The van der Waals surface area contributed by atoms with Gasteiger partial charge in [-0.25, -0.2) is 9.38 Å². The molecule has 0 spiro atoms. The zero-order valence-corrected chi connectivity index (χ0v) is 26.1. The van der Waals surface area contributed by atoms with Crippen LogP contribution in [0.25, 0.3) is 6.08 Å². The topological polar surface area (TPSA) is 58.5 Å². The first kappa shape index (κ1) is 34.0. The fourth-order valence-electron chi connectivity index (χ4n) is 3.89. The highest BCUT2D eigenvalue weighted by Crippen LogP contribution is 2.48. The molecular formula is C31H40F4NO5P. The summed E-state index contributed by atoms with van der Waals surface area (Å²) < 4.78 is 84.9. The number of alkyl halides is 3. The monoisotopic (exact) mass is 613 g/mol. The number of rotatable bonds is 12. The van der Waals surface area contributed by atoms with Crippen molar-refractivity contribution < 1.29 is 40.6 Å². The van der Waals surface area contributed by atoms with Crippen LogP contribution in [-0.2, 0) is 30.9 Å². The predicted molar refractivity (Wildman–Crippen MR) is 157 cm³/mol. The van der Waals surface area contributed by atoms with E-state index in [1.807, 2.05) is 41.5 Å². The van der Waals surface area contributed by atoms with Crippen LogP contribution in [0.5, 0.6) is 5.75 Å². The van der Waals surface area contributed by atoms with E-state index in [0.717, 1.165) is 6.07 Å². The number of aryl methyl sites for hydroxylation is 1. The van der Waals surface area contributed by atoms with Crippen molar-refractivity contribution in [1.29, 1.82) is 0 Å². The van der Waals surface area contributed by atoms with Gasteiger partial charge in [0.25, 0.3) is 0 Å². The molecule has 11 heteroatoms. The maximum Gasteiger partial charge on any atom is 0.419 e. The molecule has 2 aromatic carbocycles. The highest BCUT2D eigenvalue weighted by atomic mass is 31.2. The Hall–Kier alpha value is -2.52. The first-order chi connectivity index (χ1) is 19.4. The summed E-state index contributed by atoms with van der Waals surface area (Å²) in [6.07, 6.45) is -0.689. The third-order valence-corrected chi connectivity index (χ3v) is 7.46. The fraction of sp³-hybridized carbons (Fsp3) is 0.516. The maximum absolute atomic E-state index is 14.0. The SMILES string of the molecule is CC1=NC(/C=C/c2ccc(OCCCc3ccccc3F)c(C(F)(F)F)c2)(COP(OC(C)(C)C)OC(C)(C)C)CO1. The average Bonchev–Trinajstić information content (AvgIpc) is 3.24. The van der Waals surface area contributed by atoms with E-state index < -0.39 is 37.1 Å². The minimum Gasteiger partial charge on any atom is -0.493 e. The van der Waals surface area contributed by atoms with E-state index in [-0.39, 0.29) is 31.4 Å². The van der Waals surface area contributed by atoms with Crippen LogP contribution in [0.1, 0.15) is 71.6 Å². The molecule has 42 heavy (non-hydrogen) atoms. The number of benzene rings is 2. The summed E-state index contributed by atoms with van der Waals surface area (Å²) >= 11 is 0. The van der Waals surface area contributed by atoms with Crippen LogP contribution >= 0.6 is 8.60 Å². The van der Waals surface area contributed by atoms with E-state index >= 15 is 0 Å². The molecule has 0 aromatic heterocycles. The van der Waals surface area contributed by atoms with Gasteiger partial charge in [0, 0.05) is 6.92 Å². The zero-order chi connectivity index (χ0) is 31.2. The number of hydrogen-bond acceptors (Lipinski definition) is 6. The minimum absolute atomic E-state index is 0.00857. The van der Waals surface area contributed by atoms with Crippen molar-refractivity contribution in [3.63, 3.8) is 0 Å². The van der Waals surface area contributed by atoms with Crippen LogP contribution < -0.4 is 4.74 Å². The molecule has 0 amide bonds. The summed E-state index contributed by atoms with van der Waals surface area (Å²) in [5.41, 5.74) is -2.13. The van der Waals surface area contributed by atoms with Crippen molar-refractivity contribution in [2.24, 2.45) is 4.99 Å². The molecule has 0 saturated carbocycles. The molecule has 1 atom stereocenters. The Balaban J connectivity index is 1.75. The Bertz CT molecular complexity index is 1240. The number of ether oxygens (including phenoxy) is 2. The van der Waals surface area contributed by atoms with Crippen molar-refractivity contribution in [3.05, 3.63) is 71.0 Å². The van der Waals surface area contributed by atoms with E-state index in [2.05, 4.69) is 4.99 Å². The second kappa shape index (κ2) is 13.8. The molecule has 0 fully saturated rings. The van der Waals surface area contributed by atoms with Crippen LogP contribution in [0.4, 0.5) is 17.6 Å². The van der Waals surface area contributed by atoms with Gasteiger partial charge in [-0.3, -0.25) is 0 Å². The Labute approximate surface area is 247 Å². The van der Waals surface area contributed by atoms with Gasteiger partial charge in [0.15, 0.2) is 5.90 Å². The Morgan fingerprint density at radius 3 is 2.24 bits per heavy atom. The second-order valence-electron chi connectivity index (χ2n) is 12.1. The predicted octanol–water partition coefficient (Wildman–Crippen LogP) is 8.93. The average molecular weight is 614 g/mol. The molecule has 1 unspecified atom stereocenters. The lowest BCUT2D eigenvalue weighted by Crippen LogP contribution is -2.32. The van der Waals surface area contributed by atoms with Gasteiger partial charge in [0.05, 0.1) is 30.0 Å². The lowest BCUT2D eigenvalue weighted by Gasteiger charge is -2.32. The molecule has 1 aliphatic rings. The van der Waals surface area contributed by atoms with Gasteiger partial charge in [-0.15, -0.1) is 0 Å². The quantitative estimate of drug-likeness (QED) is 0.136. The van der Waals surface area contributed by atoms with Crippen LogP contribution in [0, 0.1) is 5.82 Å². The van der Waals surface area contributed by atoms with Gasteiger partial charge < -0.3 is 23.0 Å². The molecule has 3 rings (SSSR count). The Morgan fingerprint density at radius 2 is 1.67 bits per heavy atom. The molecule has 0 bridgehead atoms. The van der Waals surface area contributed by atoms with Crippen molar-refractivity contribution in [2.45, 2.75) is 84.2 Å². The summed E-state index contributed by atoms with van der Waals surface area (Å²) in [5.74, 6) is -0.190. The van der Waals surface area contributed by atoms with E-state index in [4.69, 9.17) is 23.0 Å². The second-order valence-corrected chi connectivity index (χ2v) is 13.1. The van der Waals surface area contributed by atoms with Gasteiger partial charge in [0.2, 0.25) is 0 Å². The van der Waals surface area contributed by atoms with Crippen molar-refractivity contribution >= 4 is 20.6 Å². The first-order valence-corrected chi connectivity index (χ1v) is 14.8. The van der Waals surface area contributed by atoms with Crippen molar-refractivity contribution in [1.82, 2.24) is 0 Å². The molecule has 0 aliphatic carbocycles. The fourth-order valence-corrected chi connectivity index (χ4v) is 5.26. The van der Waals surface area contributed by atoms with Crippen LogP contribution in [-0.4, -0.2) is 42.5 Å². The highest BCUT2D eigenvalue weighted by Gasteiger charge is 2.38. The Morgan fingerprint density at radius 1 is 1.00 bits per heavy atom. The van der Waals surface area contributed by atoms with Gasteiger partial charge in [-0.05, 0) is 83.7 Å². The molecule has 1 heterocycles. The number of hydrogen-bond donors (Lipinski definition) is 0. The Kier molecular flexibility index (Phi) is 11.2. The maximum atomic E-state index is 14.0. The van der Waals surface area contributed by atoms with E-state index in [0.29, 0.717) is 29.9 Å². The largest absolute Gasteiger partial charge is 0.493 e. The summed E-state index contributed by atoms with van der Waals surface area (Å²) in [5, 5.41) is 0. The molecular weight excluding hydrogens is 573 g/mol. The molecule has 0 N–H and O–H groups in total. The molecule has 2 aromatic rings. The van der Waals surface area contributed by atoms with E-state index in [9.17, 15) is 17.6 Å². The molecule has 232 valence electrons. The van der Waals surface area contributed by atoms with Gasteiger partial charge >= 0.3 is 14.8 Å². The van der Waals surface area contributed by atoms with Crippen LogP contribution in [0.15, 0.2) is 53.5 Å². The normalized spacial score (nSPS) is 18.0. The number of aliphatic imine (C=N–C) groups is 1. The summed E-state index contributed by atoms with van der Waals surface area (Å²) in [4.78, 5) is 4.58. The molecule has 0 saturated heterocycles. The molecule has 1 aliphatic heterocycles. The van der Waals surface area contributed by atoms with Crippen molar-refractivity contribution in [3.8, 4) is 5.75 Å². The summed E-state index contributed by atoms with van der Waals surface area (Å²) in [7, 11) is -1.76. The van der Waals surface area contributed by atoms with E-state index in [1.54, 1.807) is 37.3 Å². The van der Waals surface area contributed by atoms with Crippen LogP contribution in [0.2, 0.25) is 0 Å². The molecule has 0 radical (unpaired) electrons. The van der Waals surface area contributed by atoms with E-state index in [1.165, 1.54) is 18.2 Å².